The van der Waals surface area contributed by atoms with Crippen LogP contribution in [0.4, 0.5) is 0 Å². The third-order valence-corrected chi connectivity index (χ3v) is 4.16. The lowest BCUT2D eigenvalue weighted by Crippen LogP contribution is -3.05. The lowest BCUT2D eigenvalue weighted by atomic mass is 9.76. The third kappa shape index (κ3) is 6.76. The van der Waals surface area contributed by atoms with Crippen LogP contribution in [0.15, 0.2) is 0 Å². The van der Waals surface area contributed by atoms with Gasteiger partial charge in [-0.2, -0.15) is 0 Å². The van der Waals surface area contributed by atoms with Crippen LogP contribution in [0.25, 0.3) is 0 Å². The lowest BCUT2D eigenvalue weighted by molar-refractivity contribution is -0.858. The number of carbonyl (C=O) groups is 1. The molecule has 2 atom stereocenters. The molecule has 0 spiro atoms. The number of hydrogen-bond donors (Lipinski definition) is 2. The number of aliphatic hydroxyl groups is 1. The molecule has 1 heterocycles. The zero-order chi connectivity index (χ0) is 16.1. The van der Waals surface area contributed by atoms with E-state index in [4.69, 9.17) is 9.47 Å². The molecule has 0 unspecified atom stereocenters. The number of ether oxygens (including phenoxy) is 2. The third-order valence-electron chi connectivity index (χ3n) is 4.16. The molecule has 0 radical (unpaired) electrons. The second kappa shape index (κ2) is 7.56. The van der Waals surface area contributed by atoms with Gasteiger partial charge in [0, 0.05) is 13.0 Å². The van der Waals surface area contributed by atoms with Crippen molar-refractivity contribution in [3.05, 3.63) is 0 Å². The Balaban J connectivity index is 2.38. The normalized spacial score (nSPS) is 24.6. The average Bonchev–Trinajstić information content (AvgIpc) is 2.32. The molecule has 1 rings (SSSR count). The molecular formula is C16H32NO4+. The van der Waals surface area contributed by atoms with E-state index in [9.17, 15) is 9.90 Å². The lowest BCUT2D eigenvalue weighted by Gasteiger charge is -2.42. The monoisotopic (exact) mass is 302 g/mol. The number of esters is 1. The first-order valence-corrected chi connectivity index (χ1v) is 7.93. The maximum atomic E-state index is 11.9. The van der Waals surface area contributed by atoms with E-state index in [2.05, 4.69) is 14.1 Å². The van der Waals surface area contributed by atoms with Crippen LogP contribution in [0, 0.1) is 5.92 Å². The molecule has 0 aliphatic carbocycles. The van der Waals surface area contributed by atoms with Gasteiger partial charge in [-0.25, -0.2) is 0 Å². The maximum Gasteiger partial charge on any atom is 0.308 e. The van der Waals surface area contributed by atoms with Crippen molar-refractivity contribution in [3.8, 4) is 0 Å². The van der Waals surface area contributed by atoms with E-state index in [1.807, 2.05) is 13.8 Å². The van der Waals surface area contributed by atoms with Crippen molar-refractivity contribution in [1.82, 2.24) is 0 Å². The van der Waals surface area contributed by atoms with Crippen molar-refractivity contribution < 1.29 is 24.3 Å². The Morgan fingerprint density at radius 2 is 2.14 bits per heavy atom. The van der Waals surface area contributed by atoms with E-state index < -0.39 is 5.60 Å². The Hall–Kier alpha value is -0.650. The molecule has 0 aromatic carbocycles. The second-order valence-corrected chi connectivity index (χ2v) is 7.36. The van der Waals surface area contributed by atoms with E-state index in [1.165, 1.54) is 4.90 Å². The molecule has 124 valence electrons. The predicted octanol–water partition coefficient (Wildman–Crippen LogP) is 0.411. The van der Waals surface area contributed by atoms with Crippen LogP contribution >= 0.6 is 0 Å². The summed E-state index contributed by atoms with van der Waals surface area (Å²) in [6.07, 6.45) is 2.45. The maximum absolute atomic E-state index is 11.9. The number of quaternary nitrogens is 1. The van der Waals surface area contributed by atoms with Gasteiger partial charge in [0.1, 0.15) is 0 Å². The van der Waals surface area contributed by atoms with Crippen LogP contribution in [0.5, 0.6) is 0 Å². The number of nitrogens with one attached hydrogen (secondary N) is 1. The highest BCUT2D eigenvalue weighted by atomic mass is 16.5. The van der Waals surface area contributed by atoms with Gasteiger partial charge in [0.15, 0.2) is 0 Å². The first-order chi connectivity index (χ1) is 9.62. The minimum Gasteiger partial charge on any atom is -0.465 e. The summed E-state index contributed by atoms with van der Waals surface area (Å²) >= 11 is 0. The highest BCUT2D eigenvalue weighted by Gasteiger charge is 2.40. The fourth-order valence-electron chi connectivity index (χ4n) is 2.86. The summed E-state index contributed by atoms with van der Waals surface area (Å²) < 4.78 is 10.9. The fraction of sp³-hybridized carbons (Fsp3) is 0.938. The van der Waals surface area contributed by atoms with Crippen LogP contribution in [0.3, 0.4) is 0 Å². The van der Waals surface area contributed by atoms with Gasteiger partial charge < -0.3 is 19.5 Å². The molecule has 1 fully saturated rings. The minimum atomic E-state index is -1.02. The predicted molar refractivity (Wildman–Crippen MR) is 81.2 cm³/mol. The summed E-state index contributed by atoms with van der Waals surface area (Å²) in [6, 6.07) is 0. The summed E-state index contributed by atoms with van der Waals surface area (Å²) in [5.41, 5.74) is -1.25. The molecule has 5 heteroatoms. The largest absolute Gasteiger partial charge is 0.465 e. The molecule has 21 heavy (non-hydrogen) atoms. The standard InChI is InChI=1S/C16H31NO4/c1-15(2)11-13(7-10-21-15)16(3,19)12-14(18)20-9-6-8-17(4)5/h13,19H,6-12H2,1-5H3/p+1/t13-,16+/m0/s1. The van der Waals surface area contributed by atoms with Gasteiger partial charge in [-0.05, 0) is 39.5 Å². The van der Waals surface area contributed by atoms with Crippen LogP contribution in [0.2, 0.25) is 0 Å². The van der Waals surface area contributed by atoms with Crippen molar-refractivity contribution in [1.29, 1.82) is 0 Å². The van der Waals surface area contributed by atoms with Gasteiger partial charge in [-0.1, -0.05) is 0 Å². The topological polar surface area (TPSA) is 60.2 Å². The Morgan fingerprint density at radius 3 is 2.71 bits per heavy atom. The van der Waals surface area contributed by atoms with Gasteiger partial charge in [0.2, 0.25) is 0 Å². The van der Waals surface area contributed by atoms with Crippen molar-refractivity contribution in [2.24, 2.45) is 5.92 Å². The summed E-state index contributed by atoms with van der Waals surface area (Å²) in [5.74, 6) is -0.238. The van der Waals surface area contributed by atoms with Crippen molar-refractivity contribution >= 4 is 5.97 Å². The fourth-order valence-corrected chi connectivity index (χ4v) is 2.86. The molecular weight excluding hydrogens is 270 g/mol. The van der Waals surface area contributed by atoms with Gasteiger partial charge >= 0.3 is 5.97 Å². The van der Waals surface area contributed by atoms with Gasteiger partial charge in [0.25, 0.3) is 0 Å². The molecule has 0 aromatic rings. The van der Waals surface area contributed by atoms with Gasteiger partial charge in [-0.15, -0.1) is 0 Å². The molecule has 1 aliphatic rings. The summed E-state index contributed by atoms with van der Waals surface area (Å²) in [4.78, 5) is 13.2. The number of carbonyl (C=O) groups excluding carboxylic acids is 1. The Morgan fingerprint density at radius 1 is 1.48 bits per heavy atom. The van der Waals surface area contributed by atoms with E-state index in [0.717, 1.165) is 25.8 Å². The Bertz CT molecular complexity index is 339. The minimum absolute atomic E-state index is 0.0581. The highest BCUT2D eigenvalue weighted by molar-refractivity contribution is 5.70. The zero-order valence-corrected chi connectivity index (χ0v) is 14.2. The van der Waals surface area contributed by atoms with E-state index >= 15 is 0 Å². The molecule has 0 aromatic heterocycles. The molecule has 0 saturated carbocycles. The molecule has 0 amide bonds. The summed E-state index contributed by atoms with van der Waals surface area (Å²) in [5, 5.41) is 10.6. The second-order valence-electron chi connectivity index (χ2n) is 7.36. The van der Waals surface area contributed by atoms with Gasteiger partial charge in [-0.3, -0.25) is 4.79 Å². The summed E-state index contributed by atoms with van der Waals surface area (Å²) in [7, 11) is 4.14. The van der Waals surface area contributed by atoms with Crippen molar-refractivity contribution in [3.63, 3.8) is 0 Å². The molecule has 0 bridgehead atoms. The van der Waals surface area contributed by atoms with E-state index in [-0.39, 0.29) is 23.9 Å². The highest BCUT2D eigenvalue weighted by Crippen LogP contribution is 2.37. The SMILES string of the molecule is C[NH+](C)CCCOC(=O)C[C@@](C)(O)[C@H]1CCOC(C)(C)C1. The van der Waals surface area contributed by atoms with Crippen LogP contribution in [-0.4, -0.2) is 56.1 Å². The Kier molecular flexibility index (Phi) is 6.63. The van der Waals surface area contributed by atoms with Crippen LogP contribution in [-0.2, 0) is 14.3 Å². The van der Waals surface area contributed by atoms with Gasteiger partial charge in [0.05, 0.1) is 44.9 Å². The smallest absolute Gasteiger partial charge is 0.308 e. The van der Waals surface area contributed by atoms with Crippen LogP contribution in [0.1, 0.15) is 46.5 Å². The van der Waals surface area contributed by atoms with E-state index in [0.29, 0.717) is 13.2 Å². The number of hydrogen-bond acceptors (Lipinski definition) is 4. The molecule has 1 saturated heterocycles. The molecule has 2 N–H and O–H groups in total. The first-order valence-electron chi connectivity index (χ1n) is 7.93. The molecule has 1 aliphatic heterocycles. The zero-order valence-electron chi connectivity index (χ0n) is 14.2. The average molecular weight is 302 g/mol. The Labute approximate surface area is 128 Å². The summed E-state index contributed by atoms with van der Waals surface area (Å²) in [6.45, 7) is 7.82. The van der Waals surface area contributed by atoms with Crippen LogP contribution < -0.4 is 4.90 Å². The number of rotatable bonds is 7. The van der Waals surface area contributed by atoms with Crippen molar-refractivity contribution in [2.45, 2.75) is 57.7 Å². The first kappa shape index (κ1) is 18.4. The van der Waals surface area contributed by atoms with Crippen molar-refractivity contribution in [2.75, 3.05) is 33.9 Å². The quantitative estimate of drug-likeness (QED) is 0.528. The molecule has 5 nitrogen and oxygen atoms in total. The van der Waals surface area contributed by atoms with E-state index in [1.54, 1.807) is 6.92 Å².